The van der Waals surface area contributed by atoms with E-state index in [4.69, 9.17) is 27.9 Å². The van der Waals surface area contributed by atoms with Gasteiger partial charge in [0.2, 0.25) is 16.5 Å². The summed E-state index contributed by atoms with van der Waals surface area (Å²) in [5.41, 5.74) is -0.681. The van der Waals surface area contributed by atoms with Crippen molar-refractivity contribution in [3.63, 3.8) is 0 Å². The van der Waals surface area contributed by atoms with Crippen molar-refractivity contribution >= 4 is 77.2 Å². The van der Waals surface area contributed by atoms with Crippen LogP contribution in [0.3, 0.4) is 0 Å². The standard InChI is InChI=1S/C20H14Cl2N6O8S2/c1-36-11-4-2-10(3-5-11)27-28-16-14(38(33,34)35)7-9-6-12(37(30,31)32)8-13(15(9)17(16)29)23-20-25-18(21)24-19(22)26-20/h2-8,29H,1H3,(H,30,31,32)(H,33,34,35)(H,23,24,25,26). The Kier molecular flexibility index (Phi) is 7.37. The molecular formula is C20H14Cl2N6O8S2. The van der Waals surface area contributed by atoms with Gasteiger partial charge in [0.25, 0.3) is 20.2 Å². The van der Waals surface area contributed by atoms with E-state index in [1.54, 1.807) is 12.1 Å². The lowest BCUT2D eigenvalue weighted by atomic mass is 10.1. The highest BCUT2D eigenvalue weighted by atomic mass is 35.5. The molecule has 0 unspecified atom stereocenters. The van der Waals surface area contributed by atoms with E-state index in [1.807, 2.05) is 0 Å². The molecular weight excluding hydrogens is 587 g/mol. The van der Waals surface area contributed by atoms with Gasteiger partial charge in [-0.25, -0.2) is 0 Å². The number of phenolic OH excluding ortho intramolecular Hbond substituents is 1. The van der Waals surface area contributed by atoms with Gasteiger partial charge >= 0.3 is 0 Å². The van der Waals surface area contributed by atoms with E-state index in [-0.39, 0.29) is 38.7 Å². The van der Waals surface area contributed by atoms with Gasteiger partial charge < -0.3 is 15.2 Å². The van der Waals surface area contributed by atoms with Crippen molar-refractivity contribution in [2.24, 2.45) is 10.2 Å². The van der Waals surface area contributed by atoms with Gasteiger partial charge in [-0.2, -0.15) is 36.9 Å². The maximum Gasteiger partial charge on any atom is 0.296 e. The molecule has 0 saturated heterocycles. The van der Waals surface area contributed by atoms with Crippen LogP contribution < -0.4 is 10.1 Å². The normalized spacial score (nSPS) is 12.2. The van der Waals surface area contributed by atoms with Gasteiger partial charge in [-0.15, -0.1) is 5.11 Å². The molecule has 0 atom stereocenters. The lowest BCUT2D eigenvalue weighted by Crippen LogP contribution is -2.05. The third-order valence-corrected chi connectivity index (χ3v) is 6.90. The number of halogens is 2. The Labute approximate surface area is 224 Å². The number of azo groups is 1. The highest BCUT2D eigenvalue weighted by Gasteiger charge is 2.26. The first-order chi connectivity index (χ1) is 17.8. The minimum Gasteiger partial charge on any atom is -0.505 e. The van der Waals surface area contributed by atoms with Gasteiger partial charge in [0.15, 0.2) is 5.75 Å². The van der Waals surface area contributed by atoms with Crippen molar-refractivity contribution in [3.05, 3.63) is 53.0 Å². The molecule has 0 amide bonds. The molecule has 4 N–H and O–H groups in total. The SMILES string of the molecule is COc1ccc(N=Nc2c(S(=O)(=O)O)cc3cc(S(=O)(=O)O)cc(Nc4nc(Cl)nc(Cl)n4)c3c2O)cc1. The molecule has 0 aliphatic carbocycles. The molecule has 4 aromatic rings. The van der Waals surface area contributed by atoms with Crippen molar-refractivity contribution < 1.29 is 35.8 Å². The molecule has 0 saturated carbocycles. The quantitative estimate of drug-likeness (QED) is 0.168. The molecule has 18 heteroatoms. The molecule has 1 heterocycles. The third-order valence-electron chi connectivity index (χ3n) is 4.86. The van der Waals surface area contributed by atoms with E-state index >= 15 is 0 Å². The minimum absolute atomic E-state index is 0.207. The first-order valence-electron chi connectivity index (χ1n) is 9.95. The molecule has 1 aromatic heterocycles. The van der Waals surface area contributed by atoms with Crippen LogP contribution in [0.15, 0.2) is 62.5 Å². The smallest absolute Gasteiger partial charge is 0.296 e. The summed E-state index contributed by atoms with van der Waals surface area (Å²) in [4.78, 5) is 9.57. The Morgan fingerprint density at radius 1 is 0.895 bits per heavy atom. The Morgan fingerprint density at radius 3 is 2.08 bits per heavy atom. The van der Waals surface area contributed by atoms with Crippen molar-refractivity contribution in [2.75, 3.05) is 12.4 Å². The van der Waals surface area contributed by atoms with E-state index < -0.39 is 41.5 Å². The highest BCUT2D eigenvalue weighted by Crippen LogP contribution is 2.45. The van der Waals surface area contributed by atoms with E-state index in [2.05, 4.69) is 30.5 Å². The number of nitrogens with zero attached hydrogens (tertiary/aromatic N) is 5. The van der Waals surface area contributed by atoms with Crippen LogP contribution in [0.5, 0.6) is 11.5 Å². The number of anilines is 2. The summed E-state index contributed by atoms with van der Waals surface area (Å²) in [6, 6.07) is 8.70. The van der Waals surface area contributed by atoms with Crippen LogP contribution in [0.4, 0.5) is 23.0 Å². The highest BCUT2D eigenvalue weighted by molar-refractivity contribution is 7.86. The summed E-state index contributed by atoms with van der Waals surface area (Å²) in [5, 5.41) is 20.3. The molecule has 0 spiro atoms. The summed E-state index contributed by atoms with van der Waals surface area (Å²) >= 11 is 11.6. The molecule has 4 rings (SSSR count). The number of benzene rings is 3. The maximum absolute atomic E-state index is 12.2. The van der Waals surface area contributed by atoms with Crippen molar-refractivity contribution in [3.8, 4) is 11.5 Å². The fourth-order valence-corrected chi connectivity index (χ4v) is 4.82. The molecule has 0 aliphatic rings. The van der Waals surface area contributed by atoms with E-state index in [1.165, 1.54) is 19.2 Å². The van der Waals surface area contributed by atoms with Crippen molar-refractivity contribution in [1.82, 2.24) is 15.0 Å². The Balaban J connectivity index is 2.00. The van der Waals surface area contributed by atoms with E-state index in [0.29, 0.717) is 5.75 Å². The number of hydrogen-bond acceptors (Lipinski definition) is 12. The summed E-state index contributed by atoms with van der Waals surface area (Å²) in [7, 11) is -8.41. The van der Waals surface area contributed by atoms with Gasteiger partial charge in [0.1, 0.15) is 16.3 Å². The lowest BCUT2D eigenvalue weighted by Gasteiger charge is -2.15. The second kappa shape index (κ2) is 10.2. The zero-order chi connectivity index (χ0) is 27.8. The number of aromatic hydroxyl groups is 1. The molecule has 198 valence electrons. The van der Waals surface area contributed by atoms with Crippen LogP contribution in [-0.4, -0.2) is 53.1 Å². The predicted molar refractivity (Wildman–Crippen MR) is 136 cm³/mol. The first kappa shape index (κ1) is 27.4. The van der Waals surface area contributed by atoms with Crippen LogP contribution in [0, 0.1) is 0 Å². The summed E-state index contributed by atoms with van der Waals surface area (Å²) < 4.78 is 72.6. The topological polar surface area (TPSA) is 214 Å². The van der Waals surface area contributed by atoms with Crippen molar-refractivity contribution in [2.45, 2.75) is 9.79 Å². The van der Waals surface area contributed by atoms with Crippen molar-refractivity contribution in [1.29, 1.82) is 0 Å². The Morgan fingerprint density at radius 2 is 1.53 bits per heavy atom. The maximum atomic E-state index is 12.2. The number of aromatic nitrogens is 3. The predicted octanol–water partition coefficient (Wildman–Crippen LogP) is 4.70. The molecule has 0 radical (unpaired) electrons. The van der Waals surface area contributed by atoms with E-state index in [0.717, 1.165) is 18.2 Å². The number of fused-ring (bicyclic) bond motifs is 1. The van der Waals surface area contributed by atoms with Crippen LogP contribution in [-0.2, 0) is 20.2 Å². The van der Waals surface area contributed by atoms with Crippen LogP contribution >= 0.6 is 23.2 Å². The summed E-state index contributed by atoms with van der Waals surface area (Å²) in [5.74, 6) is -0.605. The monoisotopic (exact) mass is 600 g/mol. The summed E-state index contributed by atoms with van der Waals surface area (Å²) in [6.07, 6.45) is 0. The molecule has 0 fully saturated rings. The number of nitrogens with one attached hydrogen (secondary N) is 1. The number of methoxy groups -OCH3 is 1. The lowest BCUT2D eigenvalue weighted by molar-refractivity contribution is 0.415. The van der Waals surface area contributed by atoms with Crippen LogP contribution in [0.25, 0.3) is 10.8 Å². The number of phenols is 1. The van der Waals surface area contributed by atoms with Gasteiger partial charge in [-0.3, -0.25) is 9.11 Å². The number of ether oxygens (including phenoxy) is 1. The Bertz CT molecular complexity index is 1800. The fraction of sp³-hybridized carbons (Fsp3) is 0.0500. The molecule has 3 aromatic carbocycles. The van der Waals surface area contributed by atoms with Gasteiger partial charge in [-0.05, 0) is 71.1 Å². The second-order valence-electron chi connectivity index (χ2n) is 7.31. The first-order valence-corrected chi connectivity index (χ1v) is 13.6. The van der Waals surface area contributed by atoms with E-state index in [9.17, 15) is 31.0 Å². The Hall–Kier alpha value is -3.67. The van der Waals surface area contributed by atoms with Gasteiger partial charge in [-0.1, -0.05) is 0 Å². The molecule has 0 aliphatic heterocycles. The average molecular weight is 601 g/mol. The molecule has 38 heavy (non-hydrogen) atoms. The molecule has 14 nitrogen and oxygen atoms in total. The zero-order valence-electron chi connectivity index (χ0n) is 18.7. The van der Waals surface area contributed by atoms with Gasteiger partial charge in [0, 0.05) is 5.39 Å². The third kappa shape index (κ3) is 5.90. The number of rotatable bonds is 7. The van der Waals surface area contributed by atoms with Crippen LogP contribution in [0.2, 0.25) is 10.6 Å². The zero-order valence-corrected chi connectivity index (χ0v) is 21.9. The van der Waals surface area contributed by atoms with Gasteiger partial charge in [0.05, 0.1) is 23.4 Å². The summed E-state index contributed by atoms with van der Waals surface area (Å²) in [6.45, 7) is 0. The largest absolute Gasteiger partial charge is 0.505 e. The fourth-order valence-electron chi connectivity index (χ4n) is 3.26. The van der Waals surface area contributed by atoms with Crippen LogP contribution in [0.1, 0.15) is 0 Å². The number of hydrogen-bond donors (Lipinski definition) is 4. The minimum atomic E-state index is -5.03. The average Bonchev–Trinajstić information content (AvgIpc) is 2.81. The molecule has 0 bridgehead atoms. The second-order valence-corrected chi connectivity index (χ2v) is 10.8.